The number of rotatable bonds is 0. The standard InChI is InChI=1S/C2H7NSi/c1-4(2)3/h4H,1-2H3. The maximum Gasteiger partial charge on any atom is 0.147 e. The molecule has 0 amide bonds. The molecule has 0 aromatic rings. The molecule has 0 bridgehead atoms. The third-order valence-electron chi connectivity index (χ3n) is 0. The van der Waals surface area contributed by atoms with Gasteiger partial charge in [-0.1, -0.05) is 13.1 Å². The predicted octanol–water partition coefficient (Wildman–Crippen LogP) is 0.0385. The first kappa shape index (κ1) is 4.18. The van der Waals surface area contributed by atoms with Gasteiger partial charge in [0.1, 0.15) is 8.96 Å². The lowest BCUT2D eigenvalue weighted by Crippen LogP contribution is -1.97. The van der Waals surface area contributed by atoms with Gasteiger partial charge in [0, 0.05) is 0 Å². The fraction of sp³-hybridized carbons (Fsp3) is 1.00. The topological polar surface area (TPSA) is 22.3 Å². The molecule has 0 aliphatic heterocycles. The molecule has 0 spiro atoms. The van der Waals surface area contributed by atoms with E-state index in [2.05, 4.69) is 0 Å². The lowest BCUT2D eigenvalue weighted by molar-refractivity contribution is 1.67. The van der Waals surface area contributed by atoms with E-state index in [1.54, 1.807) is 0 Å². The highest BCUT2D eigenvalue weighted by Crippen LogP contribution is 1.58. The molecule has 0 heterocycles. The Morgan fingerprint density at radius 1 is 1.50 bits per heavy atom. The fourth-order valence-corrected chi connectivity index (χ4v) is 0. The minimum absolute atomic E-state index is 1.14. The second-order valence-electron chi connectivity index (χ2n) is 1.09. The van der Waals surface area contributed by atoms with Crippen LogP contribution in [-0.2, 0) is 0 Å². The van der Waals surface area contributed by atoms with Crippen LogP contribution in [0.3, 0.4) is 0 Å². The van der Waals surface area contributed by atoms with Gasteiger partial charge in [0.2, 0.25) is 0 Å². The van der Waals surface area contributed by atoms with E-state index in [0.717, 1.165) is 0 Å². The molecular weight excluding hydrogens is 66.1 g/mol. The predicted molar refractivity (Wildman–Crippen MR) is 21.0 cm³/mol. The molecule has 0 atom stereocenters. The molecular formula is C2H7NSi. The summed E-state index contributed by atoms with van der Waals surface area (Å²) in [6.45, 7) is 3.72. The molecule has 4 heavy (non-hydrogen) atoms. The molecule has 0 rings (SSSR count). The second kappa shape index (κ2) is 1.49. The van der Waals surface area contributed by atoms with E-state index in [9.17, 15) is 0 Å². The van der Waals surface area contributed by atoms with Crippen molar-refractivity contribution >= 4 is 8.96 Å². The minimum Gasteiger partial charge on any atom is -0.193 e. The average Bonchev–Trinajstić information content (AvgIpc) is 0.811. The Bertz CT molecular complexity index is 10.8. The van der Waals surface area contributed by atoms with E-state index in [-0.39, 0.29) is 0 Å². The van der Waals surface area contributed by atoms with Gasteiger partial charge in [0.15, 0.2) is 0 Å². The van der Waals surface area contributed by atoms with Gasteiger partial charge in [-0.15, -0.1) is 0 Å². The highest BCUT2D eigenvalue weighted by molar-refractivity contribution is 6.51. The zero-order valence-electron chi connectivity index (χ0n) is 3.02. The second-order valence-corrected chi connectivity index (χ2v) is 3.28. The zero-order chi connectivity index (χ0) is 3.58. The summed E-state index contributed by atoms with van der Waals surface area (Å²) in [5.74, 6) is 0. The fourth-order valence-electron chi connectivity index (χ4n) is 0. The Kier molecular flexibility index (Phi) is 1.56. The number of hydrogen-bond donors (Lipinski definition) is 0. The van der Waals surface area contributed by atoms with E-state index < -0.39 is 8.96 Å². The van der Waals surface area contributed by atoms with Gasteiger partial charge in [0.05, 0.1) is 0 Å². The van der Waals surface area contributed by atoms with Crippen LogP contribution in [0.5, 0.6) is 0 Å². The molecule has 0 saturated heterocycles. The monoisotopic (exact) mass is 73.0 g/mol. The van der Waals surface area contributed by atoms with E-state index in [1.807, 2.05) is 13.1 Å². The van der Waals surface area contributed by atoms with E-state index in [4.69, 9.17) is 5.40 Å². The summed E-state index contributed by atoms with van der Waals surface area (Å²) in [7, 11) is -1.14. The maximum absolute atomic E-state index is 8.19. The van der Waals surface area contributed by atoms with Crippen LogP contribution in [0.25, 0.3) is 0 Å². The van der Waals surface area contributed by atoms with Crippen LogP contribution < -0.4 is 5.40 Å². The zero-order valence-corrected chi connectivity index (χ0v) is 4.18. The van der Waals surface area contributed by atoms with Crippen LogP contribution in [-0.4, -0.2) is 8.96 Å². The van der Waals surface area contributed by atoms with Crippen LogP contribution in [0, 0.1) is 0 Å². The van der Waals surface area contributed by atoms with Crippen molar-refractivity contribution in [3.8, 4) is 0 Å². The number of hydrogen-bond acceptors (Lipinski definition) is 0. The molecule has 0 N–H and O–H groups in total. The van der Waals surface area contributed by atoms with Crippen molar-refractivity contribution in [1.29, 1.82) is 0 Å². The molecule has 0 saturated carbocycles. The third kappa shape index (κ3) is 96.4. The summed E-state index contributed by atoms with van der Waals surface area (Å²) >= 11 is 0. The average molecular weight is 73.2 g/mol. The van der Waals surface area contributed by atoms with Gasteiger partial charge in [-0.05, 0) is 0 Å². The van der Waals surface area contributed by atoms with Crippen molar-refractivity contribution in [1.82, 2.24) is 5.40 Å². The molecule has 0 aromatic carbocycles. The van der Waals surface area contributed by atoms with Gasteiger partial charge in [-0.3, -0.25) is 0 Å². The van der Waals surface area contributed by atoms with Crippen LogP contribution in [0.15, 0.2) is 0 Å². The molecule has 0 unspecified atom stereocenters. The van der Waals surface area contributed by atoms with Gasteiger partial charge in [-0.2, -0.15) is 5.40 Å². The first-order valence-corrected chi connectivity index (χ1v) is 4.24. The SMILES string of the molecule is C[SiH](C)[N]. The summed E-state index contributed by atoms with van der Waals surface area (Å²) in [5.41, 5.74) is 0. The number of nitrogens with zero attached hydrogens (tertiary/aromatic N) is 1. The van der Waals surface area contributed by atoms with Crippen molar-refractivity contribution in [2.75, 3.05) is 0 Å². The first-order chi connectivity index (χ1) is 1.73. The van der Waals surface area contributed by atoms with Gasteiger partial charge in [-0.25, -0.2) is 0 Å². The van der Waals surface area contributed by atoms with Crippen molar-refractivity contribution in [3.05, 3.63) is 0 Å². The molecule has 24 valence electrons. The van der Waals surface area contributed by atoms with Crippen LogP contribution in [0.2, 0.25) is 13.1 Å². The van der Waals surface area contributed by atoms with Crippen LogP contribution in [0.1, 0.15) is 0 Å². The third-order valence-corrected chi connectivity index (χ3v) is 0. The molecule has 1 nitrogen and oxygen atoms in total. The Hall–Kier alpha value is 0.177. The van der Waals surface area contributed by atoms with Crippen LogP contribution >= 0.6 is 0 Å². The van der Waals surface area contributed by atoms with E-state index in [0.29, 0.717) is 0 Å². The highest BCUT2D eigenvalue weighted by atomic mass is 28.3. The molecule has 0 aliphatic rings. The summed E-state index contributed by atoms with van der Waals surface area (Å²) in [6.07, 6.45) is 0. The van der Waals surface area contributed by atoms with Gasteiger partial charge in [0.25, 0.3) is 0 Å². The van der Waals surface area contributed by atoms with Crippen molar-refractivity contribution in [3.63, 3.8) is 0 Å². The summed E-state index contributed by atoms with van der Waals surface area (Å²) < 4.78 is 0. The molecule has 2 heteroatoms. The van der Waals surface area contributed by atoms with E-state index in [1.165, 1.54) is 0 Å². The minimum atomic E-state index is -1.14. The van der Waals surface area contributed by atoms with Crippen molar-refractivity contribution in [2.45, 2.75) is 13.1 Å². The van der Waals surface area contributed by atoms with Crippen molar-refractivity contribution < 1.29 is 0 Å². The lowest BCUT2D eigenvalue weighted by atomic mass is 11.9. The van der Waals surface area contributed by atoms with Crippen molar-refractivity contribution in [2.24, 2.45) is 0 Å². The molecule has 0 fully saturated rings. The Labute approximate surface area is 28.5 Å². The van der Waals surface area contributed by atoms with Crippen LogP contribution in [0.4, 0.5) is 0 Å². The summed E-state index contributed by atoms with van der Waals surface area (Å²) in [6, 6.07) is 0. The first-order valence-electron chi connectivity index (χ1n) is 1.41. The maximum atomic E-state index is 8.19. The smallest absolute Gasteiger partial charge is 0.147 e. The normalized spacial score (nSPS) is 9.00. The van der Waals surface area contributed by atoms with E-state index >= 15 is 0 Å². The summed E-state index contributed by atoms with van der Waals surface area (Å²) in [5, 5.41) is 8.19. The Balaban J connectivity index is 2.32. The molecule has 0 aliphatic carbocycles. The lowest BCUT2D eigenvalue weighted by Gasteiger charge is -1.71. The van der Waals surface area contributed by atoms with Gasteiger partial charge >= 0.3 is 0 Å². The Morgan fingerprint density at radius 2 is 1.50 bits per heavy atom. The summed E-state index contributed by atoms with van der Waals surface area (Å²) in [4.78, 5) is 0. The molecule has 2 radical (unpaired) electrons. The molecule has 0 aromatic heterocycles. The Morgan fingerprint density at radius 3 is 1.50 bits per heavy atom. The van der Waals surface area contributed by atoms with Gasteiger partial charge < -0.3 is 0 Å². The highest BCUT2D eigenvalue weighted by Gasteiger charge is 1.76. The largest absolute Gasteiger partial charge is 0.193 e. The quantitative estimate of drug-likeness (QED) is 0.361.